The van der Waals surface area contributed by atoms with Gasteiger partial charge in [-0.3, -0.25) is 0 Å². The first-order valence-electron chi connectivity index (χ1n) is 6.38. The zero-order valence-corrected chi connectivity index (χ0v) is 10.9. The normalized spacial score (nSPS) is 29.5. The van der Waals surface area contributed by atoms with Gasteiger partial charge in [-0.2, -0.15) is 0 Å². The number of hydrogen-bond acceptors (Lipinski definition) is 8. The van der Waals surface area contributed by atoms with E-state index < -0.39 is 24.5 Å². The quantitative estimate of drug-likeness (QED) is 0.661. The van der Waals surface area contributed by atoms with E-state index in [1.165, 1.54) is 17.1 Å². The summed E-state index contributed by atoms with van der Waals surface area (Å²) in [6.07, 6.45) is -1.60. The van der Waals surface area contributed by atoms with Crippen molar-refractivity contribution < 1.29 is 29.2 Å². The Morgan fingerprint density at radius 3 is 2.95 bits per heavy atom. The number of aliphatic hydroxyl groups is 3. The van der Waals surface area contributed by atoms with Gasteiger partial charge in [-0.1, -0.05) is 5.21 Å². The van der Waals surface area contributed by atoms with Gasteiger partial charge in [0.1, 0.15) is 30.6 Å². The number of furan rings is 1. The summed E-state index contributed by atoms with van der Waals surface area (Å²) in [7, 11) is 0. The van der Waals surface area contributed by atoms with Crippen molar-refractivity contribution in [1.82, 2.24) is 15.0 Å². The van der Waals surface area contributed by atoms with E-state index in [2.05, 4.69) is 10.3 Å². The van der Waals surface area contributed by atoms with E-state index in [4.69, 9.17) is 13.9 Å². The maximum Gasteiger partial charge on any atom is 0.284 e. The smallest absolute Gasteiger partial charge is 0.284 e. The zero-order valence-electron chi connectivity index (χ0n) is 10.9. The molecule has 2 aromatic rings. The van der Waals surface area contributed by atoms with Crippen molar-refractivity contribution in [2.45, 2.75) is 31.1 Å². The lowest BCUT2D eigenvalue weighted by Crippen LogP contribution is -2.50. The third-order valence-electron chi connectivity index (χ3n) is 3.15. The van der Waals surface area contributed by atoms with Crippen LogP contribution in [0, 0.1) is 0 Å². The molecule has 21 heavy (non-hydrogen) atoms. The molecule has 3 N–H and O–H groups in total. The molecule has 0 radical (unpaired) electrons. The third-order valence-corrected chi connectivity index (χ3v) is 3.15. The van der Waals surface area contributed by atoms with Crippen molar-refractivity contribution in [2.75, 3.05) is 6.61 Å². The van der Waals surface area contributed by atoms with Crippen LogP contribution in [-0.4, -0.2) is 55.2 Å². The second-order valence-electron chi connectivity index (χ2n) is 4.68. The highest BCUT2D eigenvalue weighted by molar-refractivity contribution is 5.05. The number of hydrogen-bond donors (Lipinski definition) is 3. The van der Waals surface area contributed by atoms with Gasteiger partial charge in [-0.15, -0.1) is 5.10 Å². The van der Waals surface area contributed by atoms with E-state index in [1.54, 1.807) is 12.1 Å². The van der Waals surface area contributed by atoms with Crippen molar-refractivity contribution in [1.29, 1.82) is 0 Å². The predicted molar refractivity (Wildman–Crippen MR) is 66.1 cm³/mol. The number of aliphatic hydroxyl groups excluding tert-OH is 3. The van der Waals surface area contributed by atoms with Gasteiger partial charge in [-0.25, -0.2) is 4.68 Å². The van der Waals surface area contributed by atoms with Crippen LogP contribution < -0.4 is 4.74 Å². The number of aromatic nitrogens is 3. The summed E-state index contributed by atoms with van der Waals surface area (Å²) in [6.45, 7) is 0.0441. The van der Waals surface area contributed by atoms with Crippen LogP contribution in [0.5, 0.6) is 5.95 Å². The van der Waals surface area contributed by atoms with Crippen molar-refractivity contribution in [3.05, 3.63) is 30.3 Å². The van der Waals surface area contributed by atoms with Crippen LogP contribution in [-0.2, 0) is 11.3 Å². The van der Waals surface area contributed by atoms with Crippen molar-refractivity contribution in [2.24, 2.45) is 0 Å². The molecule has 0 bridgehead atoms. The van der Waals surface area contributed by atoms with Crippen LogP contribution in [0.15, 0.2) is 29.0 Å². The molecule has 1 aliphatic rings. The third kappa shape index (κ3) is 2.90. The van der Waals surface area contributed by atoms with Gasteiger partial charge in [0.15, 0.2) is 6.23 Å². The van der Waals surface area contributed by atoms with Gasteiger partial charge in [0, 0.05) is 6.07 Å². The lowest BCUT2D eigenvalue weighted by Gasteiger charge is -2.34. The second-order valence-corrected chi connectivity index (χ2v) is 4.68. The first-order chi connectivity index (χ1) is 10.1. The second kappa shape index (κ2) is 5.82. The Morgan fingerprint density at radius 1 is 1.33 bits per heavy atom. The molecule has 0 unspecified atom stereocenters. The number of nitrogens with zero attached hydrogens (tertiary/aromatic N) is 3. The summed E-state index contributed by atoms with van der Waals surface area (Å²) in [6, 6.07) is 3.36. The standard InChI is InChI=1S/C12H15N3O6/c16-8-6-21-12(11(18)10(8)17)15-4-7(13-14-15)5-20-9-2-1-3-19-9/h1-4,8,10-12,16-18H,5-6H2/t8-,10+,11-,12-/m1/s1. The van der Waals surface area contributed by atoms with Gasteiger partial charge in [0.2, 0.25) is 0 Å². The van der Waals surface area contributed by atoms with E-state index in [-0.39, 0.29) is 13.2 Å². The highest BCUT2D eigenvalue weighted by atomic mass is 16.6. The van der Waals surface area contributed by atoms with E-state index >= 15 is 0 Å². The molecule has 0 aliphatic carbocycles. The van der Waals surface area contributed by atoms with Crippen LogP contribution >= 0.6 is 0 Å². The fourth-order valence-electron chi connectivity index (χ4n) is 2.02. The number of ether oxygens (including phenoxy) is 2. The SMILES string of the molecule is O[C@@H]1[C@@H](O)[C@H](n2cc(COc3ccco3)nn2)OC[C@H]1O. The van der Waals surface area contributed by atoms with Gasteiger partial charge in [0.25, 0.3) is 5.95 Å². The molecular formula is C12H15N3O6. The summed E-state index contributed by atoms with van der Waals surface area (Å²) < 4.78 is 16.9. The maximum atomic E-state index is 9.88. The minimum absolute atomic E-state index is 0.0962. The van der Waals surface area contributed by atoms with Crippen LogP contribution in [0.1, 0.15) is 11.9 Å². The molecule has 2 aromatic heterocycles. The molecule has 0 spiro atoms. The lowest BCUT2D eigenvalue weighted by molar-refractivity contribution is -0.214. The summed E-state index contributed by atoms with van der Waals surface area (Å²) in [5.41, 5.74) is 0.503. The van der Waals surface area contributed by atoms with Crippen molar-refractivity contribution in [3.63, 3.8) is 0 Å². The Balaban J connectivity index is 1.64. The fourth-order valence-corrected chi connectivity index (χ4v) is 2.02. The van der Waals surface area contributed by atoms with Gasteiger partial charge < -0.3 is 29.2 Å². The monoisotopic (exact) mass is 297 g/mol. The van der Waals surface area contributed by atoms with Crippen LogP contribution in [0.3, 0.4) is 0 Å². The summed E-state index contributed by atoms with van der Waals surface area (Å²) in [4.78, 5) is 0. The predicted octanol–water partition coefficient (Wildman–Crippen LogP) is -0.938. The minimum atomic E-state index is -1.30. The number of rotatable bonds is 4. The maximum absolute atomic E-state index is 9.88. The van der Waals surface area contributed by atoms with E-state index in [0.717, 1.165) is 0 Å². The summed E-state index contributed by atoms with van der Waals surface area (Å²) >= 11 is 0. The summed E-state index contributed by atoms with van der Waals surface area (Å²) in [5.74, 6) is 0.358. The summed E-state index contributed by atoms with van der Waals surface area (Å²) in [5, 5.41) is 36.6. The molecule has 1 saturated heterocycles. The first-order valence-corrected chi connectivity index (χ1v) is 6.38. The van der Waals surface area contributed by atoms with Crippen LogP contribution in [0.4, 0.5) is 0 Å². The first kappa shape index (κ1) is 14.0. The Labute approximate surface area is 119 Å². The molecule has 3 rings (SSSR count). The average Bonchev–Trinajstić information content (AvgIpc) is 3.14. The molecule has 3 heterocycles. The van der Waals surface area contributed by atoms with E-state index in [9.17, 15) is 15.3 Å². The van der Waals surface area contributed by atoms with Gasteiger partial charge in [-0.05, 0) is 6.07 Å². The molecule has 0 aromatic carbocycles. The topological polar surface area (TPSA) is 123 Å². The van der Waals surface area contributed by atoms with E-state index in [1.807, 2.05) is 0 Å². The Bertz CT molecular complexity index is 571. The molecule has 1 fully saturated rings. The molecule has 9 nitrogen and oxygen atoms in total. The van der Waals surface area contributed by atoms with Crippen molar-refractivity contribution >= 4 is 0 Å². The molecular weight excluding hydrogens is 282 g/mol. The van der Waals surface area contributed by atoms with Crippen LogP contribution in [0.25, 0.3) is 0 Å². The lowest BCUT2D eigenvalue weighted by atomic mass is 10.0. The molecule has 4 atom stereocenters. The highest BCUT2D eigenvalue weighted by Gasteiger charge is 2.39. The van der Waals surface area contributed by atoms with Gasteiger partial charge in [0.05, 0.1) is 19.1 Å². The highest BCUT2D eigenvalue weighted by Crippen LogP contribution is 2.23. The van der Waals surface area contributed by atoms with Crippen LogP contribution in [0.2, 0.25) is 0 Å². The van der Waals surface area contributed by atoms with Crippen molar-refractivity contribution in [3.8, 4) is 5.95 Å². The fraction of sp³-hybridized carbons (Fsp3) is 0.500. The zero-order chi connectivity index (χ0) is 14.8. The molecule has 0 saturated carbocycles. The molecule has 114 valence electrons. The Morgan fingerprint density at radius 2 is 2.19 bits per heavy atom. The molecule has 1 aliphatic heterocycles. The minimum Gasteiger partial charge on any atom is -0.459 e. The molecule has 9 heteroatoms. The molecule has 0 amide bonds. The largest absolute Gasteiger partial charge is 0.459 e. The Hall–Kier alpha value is -1.94. The average molecular weight is 297 g/mol. The Kier molecular flexibility index (Phi) is 3.88. The van der Waals surface area contributed by atoms with Gasteiger partial charge >= 0.3 is 0 Å². The van der Waals surface area contributed by atoms with E-state index in [0.29, 0.717) is 11.6 Å².